The number of aryl methyl sites for hydroxylation is 2. The topological polar surface area (TPSA) is 32.3 Å². The molecule has 0 spiro atoms. The van der Waals surface area contributed by atoms with Gasteiger partial charge in [-0.1, -0.05) is 36.4 Å². The van der Waals surface area contributed by atoms with Gasteiger partial charge in [-0.05, 0) is 49.7 Å². The van der Waals surface area contributed by atoms with Crippen molar-refractivity contribution >= 4 is 11.6 Å². The van der Waals surface area contributed by atoms with E-state index in [0.717, 1.165) is 29.9 Å². The van der Waals surface area contributed by atoms with Gasteiger partial charge >= 0.3 is 0 Å². The molecule has 0 unspecified atom stereocenters. The highest BCUT2D eigenvalue weighted by Crippen LogP contribution is 2.14. The third-order valence-electron chi connectivity index (χ3n) is 3.52. The Labute approximate surface area is 133 Å². The van der Waals surface area contributed by atoms with Crippen molar-refractivity contribution in [1.82, 2.24) is 4.90 Å². The number of hydrogen-bond acceptors (Lipinski definition) is 2. The first kappa shape index (κ1) is 16.2. The Bertz CT molecular complexity index is 602. The fraction of sp³-hybridized carbons (Fsp3) is 0.316. The first-order chi connectivity index (χ1) is 10.5. The number of nitrogens with zero attached hydrogens (tertiary/aromatic N) is 1. The van der Waals surface area contributed by atoms with Crippen LogP contribution in [0.4, 0.5) is 5.69 Å². The van der Waals surface area contributed by atoms with Crippen LogP contribution in [-0.4, -0.2) is 24.4 Å². The van der Waals surface area contributed by atoms with Crippen LogP contribution in [-0.2, 0) is 11.3 Å². The van der Waals surface area contributed by atoms with E-state index in [9.17, 15) is 4.79 Å². The minimum absolute atomic E-state index is 0.0601. The molecule has 0 radical (unpaired) electrons. The highest BCUT2D eigenvalue weighted by molar-refractivity contribution is 5.91. The van der Waals surface area contributed by atoms with E-state index in [1.807, 2.05) is 51.2 Å². The van der Waals surface area contributed by atoms with Crippen molar-refractivity contribution in [2.75, 3.05) is 18.9 Å². The van der Waals surface area contributed by atoms with Crippen molar-refractivity contribution in [2.24, 2.45) is 0 Å². The van der Waals surface area contributed by atoms with Gasteiger partial charge in [0.2, 0.25) is 5.91 Å². The summed E-state index contributed by atoms with van der Waals surface area (Å²) < 4.78 is 0. The number of anilines is 1. The second-order valence-corrected chi connectivity index (χ2v) is 5.90. The zero-order valence-corrected chi connectivity index (χ0v) is 13.6. The summed E-state index contributed by atoms with van der Waals surface area (Å²) in [7, 11) is 2.04. The predicted octanol–water partition coefficient (Wildman–Crippen LogP) is 3.76. The van der Waals surface area contributed by atoms with Crippen LogP contribution < -0.4 is 5.32 Å². The Morgan fingerprint density at radius 2 is 1.68 bits per heavy atom. The van der Waals surface area contributed by atoms with Gasteiger partial charge < -0.3 is 10.2 Å². The van der Waals surface area contributed by atoms with Crippen LogP contribution >= 0.6 is 0 Å². The molecule has 0 aliphatic rings. The molecule has 0 fully saturated rings. The van der Waals surface area contributed by atoms with Gasteiger partial charge in [0, 0.05) is 25.2 Å². The molecule has 0 aliphatic heterocycles. The third-order valence-corrected chi connectivity index (χ3v) is 3.52. The van der Waals surface area contributed by atoms with E-state index in [1.165, 1.54) is 5.56 Å². The molecule has 0 bridgehead atoms. The fourth-order valence-electron chi connectivity index (χ4n) is 2.54. The Hall–Kier alpha value is -2.13. The maximum Gasteiger partial charge on any atom is 0.225 e. The minimum atomic E-state index is 0.0601. The van der Waals surface area contributed by atoms with Gasteiger partial charge in [0.15, 0.2) is 0 Å². The summed E-state index contributed by atoms with van der Waals surface area (Å²) in [4.78, 5) is 14.2. The summed E-state index contributed by atoms with van der Waals surface area (Å²) in [6, 6.07) is 16.4. The third kappa shape index (κ3) is 5.34. The van der Waals surface area contributed by atoms with E-state index in [2.05, 4.69) is 28.4 Å². The molecule has 0 atom stereocenters. The van der Waals surface area contributed by atoms with Crippen LogP contribution in [0.25, 0.3) is 0 Å². The first-order valence-corrected chi connectivity index (χ1v) is 7.63. The van der Waals surface area contributed by atoms with Crippen LogP contribution in [0, 0.1) is 13.8 Å². The van der Waals surface area contributed by atoms with Gasteiger partial charge in [-0.15, -0.1) is 0 Å². The standard InChI is InChI=1S/C19H24N2O/c1-15-11-16(2)13-18(12-15)20-19(22)9-10-21(3)14-17-7-5-4-6-8-17/h4-8,11-13H,9-10,14H2,1-3H3,(H,20,22). The predicted molar refractivity (Wildman–Crippen MR) is 91.9 cm³/mol. The van der Waals surface area contributed by atoms with Gasteiger partial charge in [-0.2, -0.15) is 0 Å². The van der Waals surface area contributed by atoms with Crippen molar-refractivity contribution in [3.8, 4) is 0 Å². The lowest BCUT2D eigenvalue weighted by Gasteiger charge is -2.16. The van der Waals surface area contributed by atoms with Crippen molar-refractivity contribution in [1.29, 1.82) is 0 Å². The van der Waals surface area contributed by atoms with E-state index in [4.69, 9.17) is 0 Å². The van der Waals surface area contributed by atoms with E-state index in [1.54, 1.807) is 0 Å². The monoisotopic (exact) mass is 296 g/mol. The highest BCUT2D eigenvalue weighted by Gasteiger charge is 2.06. The van der Waals surface area contributed by atoms with E-state index in [0.29, 0.717) is 6.42 Å². The molecule has 2 aromatic rings. The zero-order valence-electron chi connectivity index (χ0n) is 13.6. The highest BCUT2D eigenvalue weighted by atomic mass is 16.1. The summed E-state index contributed by atoms with van der Waals surface area (Å²) in [5.74, 6) is 0.0601. The summed E-state index contributed by atoms with van der Waals surface area (Å²) in [5.41, 5.74) is 4.47. The molecule has 2 rings (SSSR count). The maximum atomic E-state index is 12.1. The summed E-state index contributed by atoms with van der Waals surface area (Å²) in [6.07, 6.45) is 0.496. The molecule has 0 saturated heterocycles. The summed E-state index contributed by atoms with van der Waals surface area (Å²) in [6.45, 7) is 5.68. The number of carbonyl (C=O) groups is 1. The summed E-state index contributed by atoms with van der Waals surface area (Å²) >= 11 is 0. The lowest BCUT2D eigenvalue weighted by Crippen LogP contribution is -2.24. The number of carbonyl (C=O) groups excluding carboxylic acids is 1. The molecule has 3 nitrogen and oxygen atoms in total. The van der Waals surface area contributed by atoms with E-state index >= 15 is 0 Å². The van der Waals surface area contributed by atoms with Crippen LogP contribution in [0.2, 0.25) is 0 Å². The van der Waals surface area contributed by atoms with Crippen molar-refractivity contribution in [2.45, 2.75) is 26.8 Å². The minimum Gasteiger partial charge on any atom is -0.326 e. The molecule has 0 aromatic heterocycles. The van der Waals surface area contributed by atoms with Gasteiger partial charge in [0.25, 0.3) is 0 Å². The Balaban J connectivity index is 1.80. The van der Waals surface area contributed by atoms with Crippen LogP contribution in [0.3, 0.4) is 0 Å². The molecule has 116 valence electrons. The SMILES string of the molecule is Cc1cc(C)cc(NC(=O)CCN(C)Cc2ccccc2)c1. The van der Waals surface area contributed by atoms with Crippen molar-refractivity contribution < 1.29 is 4.79 Å². The second kappa shape index (κ2) is 7.76. The fourth-order valence-corrected chi connectivity index (χ4v) is 2.54. The average Bonchev–Trinajstić information content (AvgIpc) is 2.45. The average molecular weight is 296 g/mol. The molecule has 0 aliphatic carbocycles. The van der Waals surface area contributed by atoms with Gasteiger partial charge in [-0.25, -0.2) is 0 Å². The van der Waals surface area contributed by atoms with Crippen molar-refractivity contribution in [3.63, 3.8) is 0 Å². The number of hydrogen-bond donors (Lipinski definition) is 1. The quantitative estimate of drug-likeness (QED) is 0.880. The molecular formula is C19H24N2O. The van der Waals surface area contributed by atoms with Crippen LogP contribution in [0.1, 0.15) is 23.1 Å². The first-order valence-electron chi connectivity index (χ1n) is 7.63. The van der Waals surface area contributed by atoms with Crippen molar-refractivity contribution in [3.05, 3.63) is 65.2 Å². The molecular weight excluding hydrogens is 272 g/mol. The van der Waals surface area contributed by atoms with Gasteiger partial charge in [0.05, 0.1) is 0 Å². The molecule has 1 N–H and O–H groups in total. The van der Waals surface area contributed by atoms with Gasteiger partial charge in [-0.3, -0.25) is 4.79 Å². The molecule has 0 heterocycles. The lowest BCUT2D eigenvalue weighted by atomic mass is 10.1. The Morgan fingerprint density at radius 1 is 1.05 bits per heavy atom. The lowest BCUT2D eigenvalue weighted by molar-refractivity contribution is -0.116. The largest absolute Gasteiger partial charge is 0.326 e. The molecule has 2 aromatic carbocycles. The number of amides is 1. The maximum absolute atomic E-state index is 12.1. The Kier molecular flexibility index (Phi) is 5.73. The summed E-state index contributed by atoms with van der Waals surface area (Å²) in [5, 5.41) is 2.98. The smallest absolute Gasteiger partial charge is 0.225 e. The normalized spacial score (nSPS) is 10.7. The van der Waals surface area contributed by atoms with Gasteiger partial charge in [0.1, 0.15) is 0 Å². The Morgan fingerprint density at radius 3 is 2.32 bits per heavy atom. The number of rotatable bonds is 6. The van der Waals surface area contributed by atoms with E-state index < -0.39 is 0 Å². The second-order valence-electron chi connectivity index (χ2n) is 5.90. The molecule has 3 heteroatoms. The number of nitrogens with one attached hydrogen (secondary N) is 1. The number of benzene rings is 2. The molecule has 22 heavy (non-hydrogen) atoms. The molecule has 0 saturated carbocycles. The molecule has 1 amide bonds. The van der Waals surface area contributed by atoms with E-state index in [-0.39, 0.29) is 5.91 Å². The zero-order chi connectivity index (χ0) is 15.9. The van der Waals surface area contributed by atoms with Crippen LogP contribution in [0.5, 0.6) is 0 Å². The van der Waals surface area contributed by atoms with Crippen LogP contribution in [0.15, 0.2) is 48.5 Å².